The van der Waals surface area contributed by atoms with E-state index in [-0.39, 0.29) is 5.75 Å². The van der Waals surface area contributed by atoms with E-state index >= 15 is 0 Å². The molecular formula is C17H12F2N4O2S. The number of imidazole rings is 1. The molecule has 1 aromatic carbocycles. The summed E-state index contributed by atoms with van der Waals surface area (Å²) in [5, 5.41) is 8.38. The number of rotatable bonds is 6. The van der Waals surface area contributed by atoms with E-state index < -0.39 is 6.61 Å². The maximum absolute atomic E-state index is 12.2. The second-order valence-electron chi connectivity index (χ2n) is 5.26. The number of aromatic nitrogens is 4. The number of thioether (sulfide) groups is 1. The SMILES string of the molecule is FC(F)Oc1ccc(-c2nnc(SCc3cn4ccccc4n3)o2)cc1. The fourth-order valence-corrected chi connectivity index (χ4v) is 3.00. The zero-order chi connectivity index (χ0) is 17.9. The van der Waals surface area contributed by atoms with E-state index in [4.69, 9.17) is 4.42 Å². The summed E-state index contributed by atoms with van der Waals surface area (Å²) >= 11 is 1.38. The van der Waals surface area contributed by atoms with E-state index in [2.05, 4.69) is 19.9 Å². The normalized spacial score (nSPS) is 11.3. The number of halogens is 2. The number of benzene rings is 1. The van der Waals surface area contributed by atoms with Crippen LogP contribution >= 0.6 is 11.8 Å². The molecule has 0 aliphatic rings. The van der Waals surface area contributed by atoms with Crippen LogP contribution in [0.4, 0.5) is 8.78 Å². The predicted molar refractivity (Wildman–Crippen MR) is 91.1 cm³/mol. The molecule has 0 N–H and O–H groups in total. The topological polar surface area (TPSA) is 65.5 Å². The molecule has 0 aliphatic heterocycles. The van der Waals surface area contributed by atoms with Crippen molar-refractivity contribution in [3.8, 4) is 17.2 Å². The van der Waals surface area contributed by atoms with Crippen LogP contribution in [0.15, 0.2) is 64.5 Å². The Morgan fingerprint density at radius 1 is 1.12 bits per heavy atom. The van der Waals surface area contributed by atoms with E-state index in [9.17, 15) is 8.78 Å². The maximum atomic E-state index is 12.2. The Hall–Kier alpha value is -2.94. The van der Waals surface area contributed by atoms with Gasteiger partial charge < -0.3 is 13.6 Å². The number of hydrogen-bond acceptors (Lipinski definition) is 6. The lowest BCUT2D eigenvalue weighted by Crippen LogP contribution is -2.01. The van der Waals surface area contributed by atoms with E-state index in [1.165, 1.54) is 23.9 Å². The van der Waals surface area contributed by atoms with Gasteiger partial charge in [-0.15, -0.1) is 10.2 Å². The van der Waals surface area contributed by atoms with Crippen LogP contribution in [0.3, 0.4) is 0 Å². The van der Waals surface area contributed by atoms with Gasteiger partial charge >= 0.3 is 6.61 Å². The molecule has 0 saturated carbocycles. The minimum Gasteiger partial charge on any atom is -0.435 e. The number of hydrogen-bond donors (Lipinski definition) is 0. The van der Waals surface area contributed by atoms with Gasteiger partial charge in [0.25, 0.3) is 5.22 Å². The summed E-state index contributed by atoms with van der Waals surface area (Å²) in [6.45, 7) is -2.85. The fourth-order valence-electron chi connectivity index (χ4n) is 2.36. The predicted octanol–water partition coefficient (Wildman–Crippen LogP) is 4.28. The van der Waals surface area contributed by atoms with Gasteiger partial charge in [-0.3, -0.25) is 0 Å². The van der Waals surface area contributed by atoms with E-state index in [1.807, 2.05) is 35.0 Å². The summed E-state index contributed by atoms with van der Waals surface area (Å²) in [5.74, 6) is 0.973. The highest BCUT2D eigenvalue weighted by molar-refractivity contribution is 7.98. The average Bonchev–Trinajstić information content (AvgIpc) is 3.26. The van der Waals surface area contributed by atoms with Crippen LogP contribution in [-0.2, 0) is 5.75 Å². The Kier molecular flexibility index (Phi) is 4.53. The third-order valence-corrected chi connectivity index (χ3v) is 4.34. The summed E-state index contributed by atoms with van der Waals surface area (Å²) in [7, 11) is 0. The van der Waals surface area contributed by atoms with Crippen molar-refractivity contribution in [2.75, 3.05) is 0 Å². The molecule has 0 radical (unpaired) electrons. The molecule has 26 heavy (non-hydrogen) atoms. The Labute approximate surface area is 150 Å². The standard InChI is InChI=1S/C17H12F2N4O2S/c18-16(19)24-13-6-4-11(5-7-13)15-21-22-17(25-15)26-10-12-9-23-8-2-1-3-14(23)20-12/h1-9,16H,10H2. The number of ether oxygens (including phenoxy) is 1. The summed E-state index contributed by atoms with van der Waals surface area (Å²) < 4.78 is 36.2. The highest BCUT2D eigenvalue weighted by Gasteiger charge is 2.11. The van der Waals surface area contributed by atoms with Gasteiger partial charge in [-0.25, -0.2) is 4.98 Å². The van der Waals surface area contributed by atoms with Crippen LogP contribution in [-0.4, -0.2) is 26.2 Å². The summed E-state index contributed by atoms with van der Waals surface area (Å²) in [6, 6.07) is 11.8. The lowest BCUT2D eigenvalue weighted by atomic mass is 10.2. The van der Waals surface area contributed by atoms with Crippen LogP contribution < -0.4 is 4.74 Å². The average molecular weight is 374 g/mol. The number of pyridine rings is 1. The smallest absolute Gasteiger partial charge is 0.387 e. The highest BCUT2D eigenvalue weighted by atomic mass is 32.2. The van der Waals surface area contributed by atoms with Gasteiger partial charge in [-0.1, -0.05) is 17.8 Å². The monoisotopic (exact) mass is 374 g/mol. The van der Waals surface area contributed by atoms with E-state index in [0.29, 0.717) is 22.4 Å². The molecule has 0 saturated heterocycles. The van der Waals surface area contributed by atoms with Crippen LogP contribution in [0.5, 0.6) is 5.75 Å². The molecule has 0 atom stereocenters. The number of alkyl halides is 2. The first kappa shape index (κ1) is 16.5. The lowest BCUT2D eigenvalue weighted by Gasteiger charge is -2.03. The molecule has 0 fully saturated rings. The third-order valence-electron chi connectivity index (χ3n) is 3.49. The van der Waals surface area contributed by atoms with Gasteiger partial charge in [0, 0.05) is 23.7 Å². The van der Waals surface area contributed by atoms with Gasteiger partial charge in [0.05, 0.1) is 5.69 Å². The molecule has 9 heteroatoms. The quantitative estimate of drug-likeness (QED) is 0.470. The molecule has 0 bridgehead atoms. The van der Waals surface area contributed by atoms with Crippen molar-refractivity contribution >= 4 is 17.4 Å². The van der Waals surface area contributed by atoms with Crippen molar-refractivity contribution in [1.29, 1.82) is 0 Å². The van der Waals surface area contributed by atoms with Gasteiger partial charge in [0.1, 0.15) is 11.4 Å². The molecule has 4 aromatic rings. The molecular weight excluding hydrogens is 362 g/mol. The number of nitrogens with zero attached hydrogens (tertiary/aromatic N) is 4. The van der Waals surface area contributed by atoms with Crippen LogP contribution in [0.1, 0.15) is 5.69 Å². The van der Waals surface area contributed by atoms with Gasteiger partial charge in [-0.2, -0.15) is 8.78 Å². The maximum Gasteiger partial charge on any atom is 0.387 e. The van der Waals surface area contributed by atoms with Crippen molar-refractivity contribution in [3.05, 3.63) is 60.6 Å². The highest BCUT2D eigenvalue weighted by Crippen LogP contribution is 2.27. The second kappa shape index (κ2) is 7.12. The van der Waals surface area contributed by atoms with Crippen molar-refractivity contribution in [2.24, 2.45) is 0 Å². The summed E-state index contributed by atoms with van der Waals surface area (Å²) in [5.41, 5.74) is 2.40. The Morgan fingerprint density at radius 2 is 1.96 bits per heavy atom. The largest absolute Gasteiger partial charge is 0.435 e. The Bertz CT molecular complexity index is 984. The van der Waals surface area contributed by atoms with Gasteiger partial charge in [0.15, 0.2) is 0 Å². The number of fused-ring (bicyclic) bond motifs is 1. The van der Waals surface area contributed by atoms with Crippen molar-refractivity contribution in [3.63, 3.8) is 0 Å². The van der Waals surface area contributed by atoms with E-state index in [0.717, 1.165) is 11.3 Å². The summed E-state index contributed by atoms with van der Waals surface area (Å²) in [6.07, 6.45) is 3.88. The summed E-state index contributed by atoms with van der Waals surface area (Å²) in [4.78, 5) is 4.50. The van der Waals surface area contributed by atoms with Crippen molar-refractivity contribution in [2.45, 2.75) is 17.6 Å². The Morgan fingerprint density at radius 3 is 2.73 bits per heavy atom. The molecule has 132 valence electrons. The first-order valence-electron chi connectivity index (χ1n) is 7.61. The van der Waals surface area contributed by atoms with Gasteiger partial charge in [-0.05, 0) is 36.4 Å². The second-order valence-corrected chi connectivity index (χ2v) is 6.19. The molecule has 6 nitrogen and oxygen atoms in total. The van der Waals surface area contributed by atoms with Crippen LogP contribution in [0.25, 0.3) is 17.1 Å². The zero-order valence-corrected chi connectivity index (χ0v) is 14.1. The van der Waals surface area contributed by atoms with Crippen molar-refractivity contribution in [1.82, 2.24) is 19.6 Å². The van der Waals surface area contributed by atoms with Crippen LogP contribution in [0.2, 0.25) is 0 Å². The molecule has 0 aliphatic carbocycles. The molecule has 3 aromatic heterocycles. The first-order valence-corrected chi connectivity index (χ1v) is 8.60. The minimum atomic E-state index is -2.85. The molecule has 0 amide bonds. The zero-order valence-electron chi connectivity index (χ0n) is 13.3. The minimum absolute atomic E-state index is 0.0738. The molecule has 4 rings (SSSR count). The van der Waals surface area contributed by atoms with Crippen molar-refractivity contribution < 1.29 is 17.9 Å². The van der Waals surface area contributed by atoms with Gasteiger partial charge in [0.2, 0.25) is 5.89 Å². The third kappa shape index (κ3) is 3.67. The van der Waals surface area contributed by atoms with Crippen LogP contribution in [0, 0.1) is 0 Å². The fraction of sp³-hybridized carbons (Fsp3) is 0.118. The Balaban J connectivity index is 1.42. The van der Waals surface area contributed by atoms with E-state index in [1.54, 1.807) is 12.1 Å². The lowest BCUT2D eigenvalue weighted by molar-refractivity contribution is -0.0498. The molecule has 3 heterocycles. The molecule has 0 unspecified atom stereocenters. The molecule has 0 spiro atoms. The first-order chi connectivity index (χ1) is 12.7.